The van der Waals surface area contributed by atoms with Gasteiger partial charge in [0.15, 0.2) is 33.3 Å². The van der Waals surface area contributed by atoms with Crippen molar-refractivity contribution >= 4 is 70.2 Å². The van der Waals surface area contributed by atoms with Crippen LogP contribution >= 0.6 is 22.2 Å². The molecule has 0 aliphatic carbocycles. The minimum Gasteiger partial charge on any atom is -0.456 e. The molecule has 0 bridgehead atoms. The molecule has 0 spiro atoms. The van der Waals surface area contributed by atoms with E-state index in [9.17, 15) is 0 Å². The Balaban J connectivity index is -0.0000000853. The molecule has 11 heteroatoms. The van der Waals surface area contributed by atoms with Crippen LogP contribution in [0.2, 0.25) is 118 Å². The standard InChI is InChI=1S/C6H18OSi2.2C3H9ClSi.2C3H10OSi/c1-8(2,3)7-9(4,5)6;4*1-5(2,3)4/h1-6H3;2*1-3H3;2*4H,1-3H3. The van der Waals surface area contributed by atoms with Gasteiger partial charge in [-0.2, -0.15) is 22.2 Å². The van der Waals surface area contributed by atoms with Crippen LogP contribution < -0.4 is 0 Å². The molecule has 0 aliphatic heterocycles. The van der Waals surface area contributed by atoms with Crippen molar-refractivity contribution in [2.75, 3.05) is 0 Å². The van der Waals surface area contributed by atoms with Gasteiger partial charge < -0.3 is 13.7 Å². The molecule has 184 valence electrons. The Morgan fingerprint density at radius 1 is 0.414 bits per heavy atom. The van der Waals surface area contributed by atoms with Crippen molar-refractivity contribution in [3.63, 3.8) is 0 Å². The quantitative estimate of drug-likeness (QED) is 0.264. The summed E-state index contributed by atoms with van der Waals surface area (Å²) in [5, 5.41) is 0. The molecule has 3 nitrogen and oxygen atoms in total. The summed E-state index contributed by atoms with van der Waals surface area (Å²) in [7, 11) is -7.96. The zero-order valence-electron chi connectivity index (χ0n) is 23.1. The van der Waals surface area contributed by atoms with Crippen molar-refractivity contribution in [2.24, 2.45) is 0 Å². The molecule has 0 aromatic carbocycles. The molecule has 29 heavy (non-hydrogen) atoms. The maximum atomic E-state index is 8.66. The Morgan fingerprint density at radius 2 is 0.483 bits per heavy atom. The summed E-state index contributed by atoms with van der Waals surface area (Å²) in [5.41, 5.74) is 0. The topological polar surface area (TPSA) is 49.7 Å². The minimum absolute atomic E-state index is 1.14. The number of halogens is 2. The Kier molecular flexibility index (Phi) is 23.2. The summed E-state index contributed by atoms with van der Waals surface area (Å²) in [6, 6.07) is 0. The van der Waals surface area contributed by atoms with Crippen molar-refractivity contribution in [1.29, 1.82) is 0 Å². The van der Waals surface area contributed by atoms with Crippen LogP contribution in [0.5, 0.6) is 0 Å². The Labute approximate surface area is 200 Å². The van der Waals surface area contributed by atoms with Gasteiger partial charge in [0.05, 0.1) is 0 Å². The average molecular weight is 560 g/mol. The summed E-state index contributed by atoms with van der Waals surface area (Å²) in [6.07, 6.45) is 0. The summed E-state index contributed by atoms with van der Waals surface area (Å²) in [6.45, 7) is 37.3. The van der Waals surface area contributed by atoms with E-state index in [0.717, 1.165) is 0 Å². The lowest BCUT2D eigenvalue weighted by atomic mass is 11.8. The molecule has 0 atom stereocenters. The lowest BCUT2D eigenvalue weighted by Gasteiger charge is -2.27. The molecular weight excluding hydrogens is 504 g/mol. The molecular formula is C18H56Cl2O3Si6. The van der Waals surface area contributed by atoms with Crippen molar-refractivity contribution in [3.05, 3.63) is 0 Å². The second kappa shape index (κ2) is 16.4. The van der Waals surface area contributed by atoms with Crippen molar-refractivity contribution in [3.8, 4) is 0 Å². The van der Waals surface area contributed by atoms with Crippen LogP contribution in [0.3, 0.4) is 0 Å². The van der Waals surface area contributed by atoms with Gasteiger partial charge in [-0.15, -0.1) is 0 Å². The zero-order chi connectivity index (χ0) is 25.7. The number of hydrogen-bond donors (Lipinski definition) is 2. The minimum atomic E-state index is -1.61. The SMILES string of the molecule is C[Si](C)(C)Cl.C[Si](C)(C)Cl.C[Si](C)(C)O.C[Si](C)(C)O.C[Si](C)(C)O[Si](C)(C)C. The fraction of sp³-hybridized carbons (Fsp3) is 1.00. The summed E-state index contributed by atoms with van der Waals surface area (Å²) in [5.74, 6) is 0. The van der Waals surface area contributed by atoms with Crippen molar-refractivity contribution in [1.82, 2.24) is 0 Å². The molecule has 0 amide bonds. The van der Waals surface area contributed by atoms with Crippen LogP contribution in [0.25, 0.3) is 0 Å². The molecule has 0 fully saturated rings. The first-order valence-corrected chi connectivity index (χ1v) is 33.0. The highest BCUT2D eigenvalue weighted by Gasteiger charge is 2.24. The highest BCUT2D eigenvalue weighted by atomic mass is 35.6. The predicted octanol–water partition coefficient (Wildman–Crippen LogP) is 8.42. The smallest absolute Gasteiger partial charge is 0.179 e. The summed E-state index contributed by atoms with van der Waals surface area (Å²) >= 11 is 11.3. The number of hydrogen-bond acceptors (Lipinski definition) is 3. The van der Waals surface area contributed by atoms with Crippen LogP contribution in [0.15, 0.2) is 0 Å². The highest BCUT2D eigenvalue weighted by Crippen LogP contribution is 2.12. The second-order valence-corrected chi connectivity index (χ2v) is 45.8. The summed E-state index contributed by atoms with van der Waals surface area (Å²) in [4.78, 5) is 17.3. The van der Waals surface area contributed by atoms with Crippen LogP contribution in [-0.2, 0) is 4.12 Å². The van der Waals surface area contributed by atoms with Crippen LogP contribution in [0.1, 0.15) is 0 Å². The van der Waals surface area contributed by atoms with E-state index in [1.165, 1.54) is 0 Å². The van der Waals surface area contributed by atoms with E-state index < -0.39 is 48.0 Å². The van der Waals surface area contributed by atoms with Crippen LogP contribution in [0, 0.1) is 0 Å². The lowest BCUT2D eigenvalue weighted by molar-refractivity contribution is 0.558. The average Bonchev–Trinajstić information content (AvgIpc) is 1.94. The van der Waals surface area contributed by atoms with Gasteiger partial charge in [-0.3, -0.25) is 0 Å². The Bertz CT molecular complexity index is 288. The molecule has 0 rings (SSSR count). The largest absolute Gasteiger partial charge is 0.456 e. The third-order valence-corrected chi connectivity index (χ3v) is 5.51. The van der Waals surface area contributed by atoms with Gasteiger partial charge in [0.1, 0.15) is 14.8 Å². The van der Waals surface area contributed by atoms with Crippen LogP contribution in [0.4, 0.5) is 0 Å². The first-order chi connectivity index (χ1) is 11.7. The Morgan fingerprint density at radius 3 is 0.483 bits per heavy atom. The van der Waals surface area contributed by atoms with E-state index in [1.54, 1.807) is 0 Å². The molecule has 0 heterocycles. The van der Waals surface area contributed by atoms with E-state index in [-0.39, 0.29) is 0 Å². The fourth-order valence-electron chi connectivity index (χ4n) is 0.919. The molecule has 0 aromatic heterocycles. The molecule has 0 aromatic rings. The normalized spacial score (nSPS) is 12.6. The predicted molar refractivity (Wildman–Crippen MR) is 157 cm³/mol. The van der Waals surface area contributed by atoms with Gasteiger partial charge in [-0.05, 0) is 78.6 Å². The Hall–Kier alpha value is 1.76. The highest BCUT2D eigenvalue weighted by molar-refractivity contribution is 7.18. The molecule has 0 unspecified atom stereocenters. The third-order valence-electron chi connectivity index (χ3n) is 0.612. The molecule has 2 N–H and O–H groups in total. The third kappa shape index (κ3) is 381. The molecule has 0 saturated carbocycles. The second-order valence-electron chi connectivity index (χ2n) is 12.8. The van der Waals surface area contributed by atoms with Gasteiger partial charge in [0.25, 0.3) is 0 Å². The van der Waals surface area contributed by atoms with Crippen molar-refractivity contribution in [2.45, 2.75) is 118 Å². The van der Waals surface area contributed by atoms with Gasteiger partial charge >= 0.3 is 0 Å². The first kappa shape index (κ1) is 41.1. The molecule has 0 aliphatic rings. The summed E-state index contributed by atoms with van der Waals surface area (Å²) < 4.78 is 5.90. The van der Waals surface area contributed by atoms with Gasteiger partial charge in [0, 0.05) is 0 Å². The van der Waals surface area contributed by atoms with E-state index in [4.69, 9.17) is 35.9 Å². The molecule has 0 saturated heterocycles. The van der Waals surface area contributed by atoms with Gasteiger partial charge in [-0.25, -0.2) is 0 Å². The number of rotatable bonds is 2. The van der Waals surface area contributed by atoms with E-state index in [0.29, 0.717) is 0 Å². The lowest BCUT2D eigenvalue weighted by Crippen LogP contribution is -2.39. The maximum Gasteiger partial charge on any atom is 0.179 e. The molecule has 0 radical (unpaired) electrons. The van der Waals surface area contributed by atoms with E-state index in [1.807, 2.05) is 39.3 Å². The van der Waals surface area contributed by atoms with E-state index in [2.05, 4.69) is 78.6 Å². The van der Waals surface area contributed by atoms with Gasteiger partial charge in [-0.1, -0.05) is 39.3 Å². The van der Waals surface area contributed by atoms with Gasteiger partial charge in [0.2, 0.25) is 0 Å². The zero-order valence-corrected chi connectivity index (χ0v) is 30.6. The van der Waals surface area contributed by atoms with Crippen molar-refractivity contribution < 1.29 is 13.7 Å². The fourth-order valence-corrected chi connectivity index (χ4v) is 8.27. The first-order valence-electron chi connectivity index (χ1n) is 10.2. The van der Waals surface area contributed by atoms with E-state index >= 15 is 0 Å². The maximum absolute atomic E-state index is 8.66. The van der Waals surface area contributed by atoms with Crippen LogP contribution in [-0.4, -0.2) is 57.6 Å². The monoisotopic (exact) mass is 558 g/mol.